The molecule has 0 fully saturated rings. The smallest absolute Gasteiger partial charge is 0.258 e. The number of nitrogens with zero attached hydrogens (tertiary/aromatic N) is 1. The molecular formula is C26H23ClFN3O4. The molecule has 0 unspecified atom stereocenters. The quantitative estimate of drug-likeness (QED) is 0.486. The average molecular weight is 496 g/mol. The highest BCUT2D eigenvalue weighted by atomic mass is 35.5. The standard InChI is InChI=1S/C26H23ClFN3O4/c1-3-24(32)31-11-10-15-12-16(4-8-22(15)31)25(33)29-18-6-9-23(35-2)21(14-18)30-26(34)19-7-5-17(27)13-20(19)28/h4-9,12-14H,3,10-11H2,1-2H3,(H,29,33)(H,30,34). The zero-order chi connectivity index (χ0) is 25.1. The van der Waals surface area contributed by atoms with Gasteiger partial charge < -0.3 is 20.3 Å². The molecule has 0 saturated heterocycles. The third-order valence-corrected chi connectivity index (χ3v) is 5.96. The Balaban J connectivity index is 1.52. The SMILES string of the molecule is CCC(=O)N1CCc2cc(C(=O)Nc3ccc(OC)c(NC(=O)c4ccc(Cl)cc4F)c3)ccc21. The summed E-state index contributed by atoms with van der Waals surface area (Å²) in [6, 6.07) is 13.7. The van der Waals surface area contributed by atoms with E-state index in [1.165, 1.54) is 25.3 Å². The Morgan fingerprint density at radius 2 is 1.83 bits per heavy atom. The zero-order valence-electron chi connectivity index (χ0n) is 19.2. The number of carbonyl (C=O) groups is 3. The monoisotopic (exact) mass is 495 g/mol. The first-order valence-corrected chi connectivity index (χ1v) is 11.4. The summed E-state index contributed by atoms with van der Waals surface area (Å²) >= 11 is 5.76. The number of hydrogen-bond donors (Lipinski definition) is 2. The highest BCUT2D eigenvalue weighted by Gasteiger charge is 2.24. The molecule has 1 heterocycles. The van der Waals surface area contributed by atoms with Crippen molar-refractivity contribution in [3.8, 4) is 5.75 Å². The number of rotatable bonds is 6. The maximum atomic E-state index is 14.2. The molecule has 3 amide bonds. The zero-order valence-corrected chi connectivity index (χ0v) is 19.9. The van der Waals surface area contributed by atoms with E-state index in [9.17, 15) is 18.8 Å². The molecule has 0 aromatic heterocycles. The predicted molar refractivity (Wildman–Crippen MR) is 133 cm³/mol. The first-order valence-electron chi connectivity index (χ1n) is 11.0. The summed E-state index contributed by atoms with van der Waals surface area (Å²) in [5, 5.41) is 5.59. The summed E-state index contributed by atoms with van der Waals surface area (Å²) < 4.78 is 19.4. The van der Waals surface area contributed by atoms with Crippen LogP contribution in [0.5, 0.6) is 5.75 Å². The van der Waals surface area contributed by atoms with Gasteiger partial charge in [0.15, 0.2) is 0 Å². The van der Waals surface area contributed by atoms with E-state index in [2.05, 4.69) is 10.6 Å². The van der Waals surface area contributed by atoms with Crippen LogP contribution >= 0.6 is 11.6 Å². The van der Waals surface area contributed by atoms with E-state index in [0.717, 1.165) is 17.3 Å². The molecule has 0 aliphatic carbocycles. The van der Waals surface area contributed by atoms with Crippen LogP contribution in [0.25, 0.3) is 0 Å². The van der Waals surface area contributed by atoms with Crippen molar-refractivity contribution < 1.29 is 23.5 Å². The topological polar surface area (TPSA) is 87.7 Å². The number of hydrogen-bond acceptors (Lipinski definition) is 4. The summed E-state index contributed by atoms with van der Waals surface area (Å²) in [7, 11) is 1.43. The number of ether oxygens (including phenoxy) is 1. The van der Waals surface area contributed by atoms with Crippen molar-refractivity contribution in [3.63, 3.8) is 0 Å². The lowest BCUT2D eigenvalue weighted by molar-refractivity contribution is -0.118. The predicted octanol–water partition coefficient (Wildman–Crippen LogP) is 5.29. The van der Waals surface area contributed by atoms with Crippen LogP contribution in [0.1, 0.15) is 39.6 Å². The van der Waals surface area contributed by atoms with Crippen LogP contribution in [0.3, 0.4) is 0 Å². The number of amides is 3. The third kappa shape index (κ3) is 5.12. The lowest BCUT2D eigenvalue weighted by Gasteiger charge is -2.16. The molecule has 180 valence electrons. The van der Waals surface area contributed by atoms with Crippen LogP contribution < -0.4 is 20.3 Å². The second-order valence-corrected chi connectivity index (χ2v) is 8.38. The Kier molecular flexibility index (Phi) is 7.02. The minimum atomic E-state index is -0.755. The van der Waals surface area contributed by atoms with Gasteiger partial charge >= 0.3 is 0 Å². The van der Waals surface area contributed by atoms with Crippen molar-refractivity contribution in [3.05, 3.63) is 82.1 Å². The van der Waals surface area contributed by atoms with Crippen molar-refractivity contribution >= 4 is 46.4 Å². The number of methoxy groups -OCH3 is 1. The maximum Gasteiger partial charge on any atom is 0.258 e. The van der Waals surface area contributed by atoms with E-state index in [0.29, 0.717) is 36.4 Å². The van der Waals surface area contributed by atoms with Crippen molar-refractivity contribution in [1.29, 1.82) is 0 Å². The van der Waals surface area contributed by atoms with Gasteiger partial charge in [-0.05, 0) is 66.6 Å². The Bertz CT molecular complexity index is 1330. The van der Waals surface area contributed by atoms with Gasteiger partial charge in [-0.15, -0.1) is 0 Å². The Labute approximate surface area is 206 Å². The van der Waals surface area contributed by atoms with Gasteiger partial charge in [0, 0.05) is 34.9 Å². The fraction of sp³-hybridized carbons (Fsp3) is 0.192. The minimum Gasteiger partial charge on any atom is -0.495 e. The van der Waals surface area contributed by atoms with Gasteiger partial charge in [0.1, 0.15) is 11.6 Å². The molecule has 3 aromatic rings. The van der Waals surface area contributed by atoms with Crippen LogP contribution in [-0.4, -0.2) is 31.4 Å². The van der Waals surface area contributed by atoms with Gasteiger partial charge in [0.2, 0.25) is 5.91 Å². The molecule has 35 heavy (non-hydrogen) atoms. The van der Waals surface area contributed by atoms with Crippen LogP contribution in [0.2, 0.25) is 5.02 Å². The Hall–Kier alpha value is -3.91. The van der Waals surface area contributed by atoms with E-state index in [-0.39, 0.29) is 28.1 Å². The molecule has 0 saturated carbocycles. The second-order valence-electron chi connectivity index (χ2n) is 7.94. The largest absolute Gasteiger partial charge is 0.495 e. The Morgan fingerprint density at radius 3 is 2.54 bits per heavy atom. The normalized spacial score (nSPS) is 12.2. The number of carbonyl (C=O) groups excluding carboxylic acids is 3. The minimum absolute atomic E-state index is 0.0484. The molecule has 9 heteroatoms. The van der Waals surface area contributed by atoms with Gasteiger partial charge in [-0.3, -0.25) is 14.4 Å². The number of halogens is 2. The number of fused-ring (bicyclic) bond motifs is 1. The molecule has 0 spiro atoms. The first-order chi connectivity index (χ1) is 16.8. The fourth-order valence-corrected chi connectivity index (χ4v) is 4.10. The van der Waals surface area contributed by atoms with Gasteiger partial charge in [-0.25, -0.2) is 4.39 Å². The van der Waals surface area contributed by atoms with E-state index in [4.69, 9.17) is 16.3 Å². The molecule has 1 aliphatic rings. The van der Waals surface area contributed by atoms with Crippen LogP contribution in [0.15, 0.2) is 54.6 Å². The number of benzene rings is 3. The van der Waals surface area contributed by atoms with Gasteiger partial charge in [0.25, 0.3) is 11.8 Å². The van der Waals surface area contributed by atoms with Crippen LogP contribution in [-0.2, 0) is 11.2 Å². The summed E-state index contributed by atoms with van der Waals surface area (Å²) in [6.07, 6.45) is 1.10. The average Bonchev–Trinajstić information content (AvgIpc) is 3.27. The van der Waals surface area contributed by atoms with Gasteiger partial charge in [0.05, 0.1) is 18.4 Å². The fourth-order valence-electron chi connectivity index (χ4n) is 3.94. The van der Waals surface area contributed by atoms with Crippen molar-refractivity contribution in [1.82, 2.24) is 0 Å². The number of anilines is 3. The van der Waals surface area contributed by atoms with Crippen LogP contribution in [0.4, 0.5) is 21.5 Å². The van der Waals surface area contributed by atoms with E-state index in [1.807, 2.05) is 6.92 Å². The third-order valence-electron chi connectivity index (χ3n) is 5.72. The molecule has 0 radical (unpaired) electrons. The molecule has 3 aromatic carbocycles. The maximum absolute atomic E-state index is 14.2. The van der Waals surface area contributed by atoms with Gasteiger partial charge in [-0.2, -0.15) is 0 Å². The first kappa shape index (κ1) is 24.2. The molecule has 0 atom stereocenters. The van der Waals surface area contributed by atoms with E-state index < -0.39 is 11.7 Å². The van der Waals surface area contributed by atoms with E-state index >= 15 is 0 Å². The van der Waals surface area contributed by atoms with Crippen LogP contribution in [0, 0.1) is 5.82 Å². The molecule has 1 aliphatic heterocycles. The van der Waals surface area contributed by atoms with Crippen molar-refractivity contribution in [2.75, 3.05) is 29.2 Å². The lowest BCUT2D eigenvalue weighted by atomic mass is 10.1. The molecule has 4 rings (SSSR count). The summed E-state index contributed by atoms with van der Waals surface area (Å²) in [5.41, 5.74) is 2.70. The number of nitrogens with one attached hydrogen (secondary N) is 2. The molecule has 2 N–H and O–H groups in total. The molecular weight excluding hydrogens is 473 g/mol. The summed E-state index contributed by atoms with van der Waals surface area (Å²) in [6.45, 7) is 2.42. The van der Waals surface area contributed by atoms with Crippen molar-refractivity contribution in [2.45, 2.75) is 19.8 Å². The van der Waals surface area contributed by atoms with Crippen molar-refractivity contribution in [2.24, 2.45) is 0 Å². The highest BCUT2D eigenvalue weighted by Crippen LogP contribution is 2.31. The van der Waals surface area contributed by atoms with E-state index in [1.54, 1.807) is 35.2 Å². The van der Waals surface area contributed by atoms with Gasteiger partial charge in [-0.1, -0.05) is 18.5 Å². The summed E-state index contributed by atoms with van der Waals surface area (Å²) in [5.74, 6) is -1.41. The Morgan fingerprint density at radius 1 is 1.03 bits per heavy atom. The highest BCUT2D eigenvalue weighted by molar-refractivity contribution is 6.30. The molecule has 0 bridgehead atoms. The molecule has 7 nitrogen and oxygen atoms in total. The lowest BCUT2D eigenvalue weighted by Crippen LogP contribution is -2.27. The second kappa shape index (κ2) is 10.1. The summed E-state index contributed by atoms with van der Waals surface area (Å²) in [4.78, 5) is 39.3.